The van der Waals surface area contributed by atoms with Gasteiger partial charge in [0.25, 0.3) is 0 Å². The van der Waals surface area contributed by atoms with Crippen molar-refractivity contribution in [2.75, 3.05) is 6.54 Å². The molecule has 0 aromatic carbocycles. The molecule has 0 unspecified atom stereocenters. The number of hydrogen-bond acceptors (Lipinski definition) is 3. The van der Waals surface area contributed by atoms with Gasteiger partial charge in [0.05, 0.1) is 0 Å². The largest absolute Gasteiger partial charge is 0.444 e. The lowest BCUT2D eigenvalue weighted by atomic mass is 9.66. The second-order valence-corrected chi connectivity index (χ2v) is 7.71. The van der Waals surface area contributed by atoms with E-state index < -0.39 is 5.60 Å². The monoisotopic (exact) mass is 266 g/mol. The molecule has 4 heteroatoms. The molecule has 4 atom stereocenters. The highest BCUT2D eigenvalue weighted by molar-refractivity contribution is 5.69. The third-order valence-electron chi connectivity index (χ3n) is 5.07. The summed E-state index contributed by atoms with van der Waals surface area (Å²) in [5.41, 5.74) is -0.159. The molecule has 2 saturated heterocycles. The van der Waals surface area contributed by atoms with Gasteiger partial charge in [-0.15, -0.1) is 0 Å². The highest BCUT2D eigenvalue weighted by Gasteiger charge is 2.57. The molecule has 1 saturated carbocycles. The van der Waals surface area contributed by atoms with Crippen LogP contribution in [0.5, 0.6) is 0 Å². The van der Waals surface area contributed by atoms with E-state index in [4.69, 9.17) is 4.74 Å². The summed E-state index contributed by atoms with van der Waals surface area (Å²) in [6, 6.07) is 1.40. The average molecular weight is 266 g/mol. The summed E-state index contributed by atoms with van der Waals surface area (Å²) in [4.78, 5) is 14.5. The van der Waals surface area contributed by atoms with E-state index in [2.05, 4.69) is 12.2 Å². The minimum atomic E-state index is -0.407. The predicted molar refractivity (Wildman–Crippen MR) is 74.0 cm³/mol. The molecule has 4 nitrogen and oxygen atoms in total. The minimum absolute atomic E-state index is 0.127. The molecule has 2 heterocycles. The number of likely N-dealkylation sites (tertiary alicyclic amines) is 1. The SMILES string of the molecule is CC(C)(C)OC(=O)N1C[C@@H]2C[C@@]3(C)[C@H](CCC[C@@H]13)N2. The number of rotatable bonds is 0. The number of nitrogens with one attached hydrogen (secondary N) is 1. The lowest BCUT2D eigenvalue weighted by molar-refractivity contribution is -0.0244. The Morgan fingerprint density at radius 2 is 2.11 bits per heavy atom. The fraction of sp³-hybridized carbons (Fsp3) is 0.933. The van der Waals surface area contributed by atoms with Crippen molar-refractivity contribution < 1.29 is 9.53 Å². The molecule has 2 bridgehead atoms. The third-order valence-corrected chi connectivity index (χ3v) is 5.07. The summed E-state index contributed by atoms with van der Waals surface area (Å²) in [5.74, 6) is 0. The Kier molecular flexibility index (Phi) is 2.86. The first-order chi connectivity index (χ1) is 8.79. The highest BCUT2D eigenvalue weighted by Crippen LogP contribution is 2.50. The molecule has 2 aliphatic heterocycles. The van der Waals surface area contributed by atoms with E-state index in [1.165, 1.54) is 19.3 Å². The Balaban J connectivity index is 1.82. The molecule has 3 rings (SSSR count). The molecule has 1 N–H and O–H groups in total. The molecular weight excluding hydrogens is 240 g/mol. The number of carbonyl (C=O) groups is 1. The molecule has 0 spiro atoms. The van der Waals surface area contributed by atoms with Gasteiger partial charge in [-0.25, -0.2) is 4.79 Å². The van der Waals surface area contributed by atoms with Crippen LogP contribution in [0.15, 0.2) is 0 Å². The standard InChI is InChI=1S/C15H26N2O2/c1-14(2,3)19-13(18)17-9-10-8-15(4)11(16-10)6-5-7-12(15)17/h10-12,16H,5-9H2,1-4H3/t10-,11-,12+,15-/m0/s1. The maximum atomic E-state index is 12.5. The van der Waals surface area contributed by atoms with Gasteiger partial charge in [0.15, 0.2) is 0 Å². The van der Waals surface area contributed by atoms with E-state index >= 15 is 0 Å². The van der Waals surface area contributed by atoms with Crippen LogP contribution in [-0.4, -0.2) is 41.3 Å². The van der Waals surface area contributed by atoms with Gasteiger partial charge in [0.1, 0.15) is 5.60 Å². The summed E-state index contributed by atoms with van der Waals surface area (Å²) >= 11 is 0. The van der Waals surface area contributed by atoms with E-state index in [9.17, 15) is 4.79 Å². The molecule has 0 aromatic rings. The second-order valence-electron chi connectivity index (χ2n) is 7.71. The summed E-state index contributed by atoms with van der Waals surface area (Å²) < 4.78 is 5.60. The number of carbonyl (C=O) groups excluding carboxylic acids is 1. The lowest BCUT2D eigenvalue weighted by Gasteiger charge is -2.49. The van der Waals surface area contributed by atoms with E-state index in [0.29, 0.717) is 18.1 Å². The van der Waals surface area contributed by atoms with Crippen LogP contribution in [0.2, 0.25) is 0 Å². The van der Waals surface area contributed by atoms with Crippen molar-refractivity contribution in [3.8, 4) is 0 Å². The van der Waals surface area contributed by atoms with Gasteiger partial charge < -0.3 is 15.0 Å². The maximum absolute atomic E-state index is 12.5. The Hall–Kier alpha value is -0.770. The maximum Gasteiger partial charge on any atom is 0.410 e. The molecule has 19 heavy (non-hydrogen) atoms. The summed E-state index contributed by atoms with van der Waals surface area (Å²) in [6.45, 7) is 8.98. The van der Waals surface area contributed by atoms with Gasteiger partial charge in [-0.3, -0.25) is 0 Å². The molecule has 1 amide bonds. The fourth-order valence-electron chi connectivity index (χ4n) is 4.35. The Labute approximate surface area is 115 Å². The number of ether oxygens (including phenoxy) is 1. The molecule has 108 valence electrons. The smallest absolute Gasteiger partial charge is 0.410 e. The van der Waals surface area contributed by atoms with Crippen LogP contribution in [0.1, 0.15) is 53.4 Å². The minimum Gasteiger partial charge on any atom is -0.444 e. The second kappa shape index (κ2) is 4.11. The summed E-state index contributed by atoms with van der Waals surface area (Å²) in [5, 5.41) is 3.72. The Morgan fingerprint density at radius 1 is 1.37 bits per heavy atom. The predicted octanol–water partition coefficient (Wildman–Crippen LogP) is 2.53. The zero-order valence-corrected chi connectivity index (χ0v) is 12.5. The van der Waals surface area contributed by atoms with Crippen molar-refractivity contribution in [3.05, 3.63) is 0 Å². The Bertz CT molecular complexity index is 390. The third kappa shape index (κ3) is 2.14. The first-order valence-electron chi connectivity index (χ1n) is 7.55. The van der Waals surface area contributed by atoms with Crippen molar-refractivity contribution in [1.82, 2.24) is 10.2 Å². The first-order valence-corrected chi connectivity index (χ1v) is 7.55. The molecule has 0 aromatic heterocycles. The molecule has 3 fully saturated rings. The van der Waals surface area contributed by atoms with Gasteiger partial charge >= 0.3 is 6.09 Å². The zero-order chi connectivity index (χ0) is 13.8. The average Bonchev–Trinajstić information content (AvgIpc) is 2.59. The fourth-order valence-corrected chi connectivity index (χ4v) is 4.35. The van der Waals surface area contributed by atoms with Crippen LogP contribution in [-0.2, 0) is 4.74 Å². The number of fused-ring (bicyclic) bond motifs is 1. The molecular formula is C15H26N2O2. The number of hydrogen-bond donors (Lipinski definition) is 1. The first kappa shape index (κ1) is 13.2. The van der Waals surface area contributed by atoms with Crippen LogP contribution < -0.4 is 5.32 Å². The lowest BCUT2D eigenvalue weighted by Crippen LogP contribution is -2.58. The molecule has 1 aliphatic carbocycles. The van der Waals surface area contributed by atoms with E-state index in [1.807, 2.05) is 25.7 Å². The van der Waals surface area contributed by atoms with Crippen molar-refractivity contribution in [2.24, 2.45) is 5.41 Å². The Morgan fingerprint density at radius 3 is 2.79 bits per heavy atom. The van der Waals surface area contributed by atoms with Crippen LogP contribution in [0, 0.1) is 5.41 Å². The molecule has 0 radical (unpaired) electrons. The van der Waals surface area contributed by atoms with Crippen LogP contribution in [0.25, 0.3) is 0 Å². The van der Waals surface area contributed by atoms with Gasteiger partial charge in [0.2, 0.25) is 0 Å². The summed E-state index contributed by atoms with van der Waals surface area (Å²) in [7, 11) is 0. The summed E-state index contributed by atoms with van der Waals surface area (Å²) in [6.07, 6.45) is 4.68. The van der Waals surface area contributed by atoms with Crippen molar-refractivity contribution in [3.63, 3.8) is 0 Å². The van der Waals surface area contributed by atoms with Gasteiger partial charge in [-0.05, 0) is 46.5 Å². The van der Waals surface area contributed by atoms with Crippen LogP contribution in [0.3, 0.4) is 0 Å². The normalized spacial score (nSPS) is 41.3. The van der Waals surface area contributed by atoms with E-state index in [-0.39, 0.29) is 11.5 Å². The van der Waals surface area contributed by atoms with E-state index in [1.54, 1.807) is 0 Å². The number of piperidine rings is 1. The van der Waals surface area contributed by atoms with Crippen molar-refractivity contribution >= 4 is 6.09 Å². The van der Waals surface area contributed by atoms with Crippen molar-refractivity contribution in [1.29, 1.82) is 0 Å². The van der Waals surface area contributed by atoms with Crippen LogP contribution in [0.4, 0.5) is 4.79 Å². The van der Waals surface area contributed by atoms with E-state index in [0.717, 1.165) is 13.0 Å². The van der Waals surface area contributed by atoms with Gasteiger partial charge in [0, 0.05) is 30.1 Å². The van der Waals surface area contributed by atoms with Gasteiger partial charge in [-0.1, -0.05) is 6.92 Å². The topological polar surface area (TPSA) is 41.6 Å². The van der Waals surface area contributed by atoms with Crippen molar-refractivity contribution in [2.45, 2.75) is 77.1 Å². The van der Waals surface area contributed by atoms with Gasteiger partial charge in [-0.2, -0.15) is 0 Å². The number of amides is 1. The quantitative estimate of drug-likeness (QED) is 0.732. The zero-order valence-electron chi connectivity index (χ0n) is 12.5. The van der Waals surface area contributed by atoms with Crippen LogP contribution >= 0.6 is 0 Å². The number of nitrogens with zero attached hydrogens (tertiary/aromatic N) is 1. The highest BCUT2D eigenvalue weighted by atomic mass is 16.6. The molecule has 3 aliphatic rings.